The number of aryl methyl sites for hydroxylation is 2. The van der Waals surface area contributed by atoms with Crippen LogP contribution in [0.2, 0.25) is 0 Å². The molecule has 3 aliphatic rings. The van der Waals surface area contributed by atoms with E-state index >= 15 is 0 Å². The van der Waals surface area contributed by atoms with Crippen molar-refractivity contribution >= 4 is 34.2 Å². The minimum atomic E-state index is -0.280. The predicted molar refractivity (Wildman–Crippen MR) is 136 cm³/mol. The number of rotatable bonds is 4. The maximum atomic E-state index is 13.4. The molecule has 186 valence electrons. The van der Waals surface area contributed by atoms with Gasteiger partial charge in [-0.3, -0.25) is 9.48 Å². The van der Waals surface area contributed by atoms with Gasteiger partial charge in [-0.2, -0.15) is 5.10 Å². The Morgan fingerprint density at radius 2 is 2.14 bits per heavy atom. The number of carbonyl (C=O) groups is 1. The van der Waals surface area contributed by atoms with Gasteiger partial charge in [0.1, 0.15) is 11.6 Å². The Morgan fingerprint density at radius 3 is 2.81 bits per heavy atom. The predicted octanol–water partition coefficient (Wildman–Crippen LogP) is 3.05. The Bertz CT molecular complexity index is 1370. The second kappa shape index (κ2) is 8.70. The molecule has 2 fully saturated rings. The molecule has 3 aromatic heterocycles. The molecular weight excluding hydrogens is 481 g/mol. The summed E-state index contributed by atoms with van der Waals surface area (Å²) in [4.78, 5) is 30.9. The van der Waals surface area contributed by atoms with Gasteiger partial charge in [-0.15, -0.1) is 11.3 Å². The maximum Gasteiger partial charge on any atom is 0.256 e. The number of pyridine rings is 1. The van der Waals surface area contributed by atoms with E-state index in [2.05, 4.69) is 35.6 Å². The summed E-state index contributed by atoms with van der Waals surface area (Å²) in [5.74, 6) is 1.01. The lowest BCUT2D eigenvalue weighted by Crippen LogP contribution is -2.60. The van der Waals surface area contributed by atoms with Crippen molar-refractivity contribution in [1.82, 2.24) is 34.9 Å². The molecule has 0 aromatic carbocycles. The van der Waals surface area contributed by atoms with E-state index in [0.29, 0.717) is 37.0 Å². The molecule has 3 aromatic rings. The van der Waals surface area contributed by atoms with E-state index in [0.717, 1.165) is 34.9 Å². The lowest BCUT2D eigenvalue weighted by molar-refractivity contribution is 0.0498. The van der Waals surface area contributed by atoms with E-state index < -0.39 is 0 Å². The molecule has 0 radical (unpaired) electrons. The van der Waals surface area contributed by atoms with Crippen molar-refractivity contribution in [2.45, 2.75) is 25.3 Å². The number of amides is 1. The average molecular weight is 508 g/mol. The topological polar surface area (TPSA) is 104 Å². The first-order valence-corrected chi connectivity index (χ1v) is 12.7. The van der Waals surface area contributed by atoms with Gasteiger partial charge in [0.25, 0.3) is 5.91 Å². The highest BCUT2D eigenvalue weighted by molar-refractivity contribution is 7.14. The Morgan fingerprint density at radius 1 is 1.28 bits per heavy atom. The molecule has 1 saturated carbocycles. The lowest BCUT2D eigenvalue weighted by Gasteiger charge is -2.43. The third-order valence-corrected chi connectivity index (χ3v) is 7.56. The summed E-state index contributed by atoms with van der Waals surface area (Å²) in [5.41, 5.74) is 3.16. The van der Waals surface area contributed by atoms with Gasteiger partial charge < -0.3 is 20.4 Å². The summed E-state index contributed by atoms with van der Waals surface area (Å²) in [6.07, 6.45) is 6.82. The fraction of sp³-hybridized carbons (Fsp3) is 0.375. The van der Waals surface area contributed by atoms with E-state index in [1.807, 2.05) is 30.4 Å². The monoisotopic (exact) mass is 507 g/mol. The summed E-state index contributed by atoms with van der Waals surface area (Å²) in [5, 5.41) is 13.2. The Hall–Kier alpha value is -3.80. The summed E-state index contributed by atoms with van der Waals surface area (Å²) >= 11 is 1.49. The fourth-order valence-electron chi connectivity index (χ4n) is 4.79. The van der Waals surface area contributed by atoms with E-state index in [-0.39, 0.29) is 23.8 Å². The van der Waals surface area contributed by atoms with Crippen molar-refractivity contribution in [3.8, 4) is 11.3 Å². The van der Waals surface area contributed by atoms with Crippen LogP contribution in [0.25, 0.3) is 11.3 Å². The largest absolute Gasteiger partial charge is 0.339 e. The smallest absolute Gasteiger partial charge is 0.256 e. The first-order chi connectivity index (χ1) is 17.4. The number of aromatic nitrogens is 4. The normalized spacial score (nSPS) is 18.5. The van der Waals surface area contributed by atoms with Crippen molar-refractivity contribution < 1.29 is 9.18 Å². The summed E-state index contributed by atoms with van der Waals surface area (Å²) < 4.78 is 15.1. The summed E-state index contributed by atoms with van der Waals surface area (Å²) in [6, 6.07) is 3.61. The minimum Gasteiger partial charge on any atom is -0.339 e. The third-order valence-electron chi connectivity index (χ3n) is 6.80. The number of thiazole rings is 1. The Labute approximate surface area is 211 Å². The van der Waals surface area contributed by atoms with Gasteiger partial charge in [0.15, 0.2) is 11.1 Å². The molecule has 1 saturated heterocycles. The number of guanidine groups is 1. The molecule has 1 spiro atoms. The SMILES string of the molecule is Cc1nn(C)cc1-c1csc(Nc2ccc(C(=O)N3CCN(C4=NCC(F)=CN4)CC34CC4)cn2)n1. The molecule has 2 N–H and O–H groups in total. The molecule has 10 nitrogen and oxygen atoms in total. The molecule has 1 amide bonds. The second-order valence-electron chi connectivity index (χ2n) is 9.37. The highest BCUT2D eigenvalue weighted by atomic mass is 32.1. The summed E-state index contributed by atoms with van der Waals surface area (Å²) in [6.45, 7) is 3.94. The third kappa shape index (κ3) is 4.21. The van der Waals surface area contributed by atoms with E-state index in [9.17, 15) is 9.18 Å². The zero-order valence-electron chi connectivity index (χ0n) is 20.0. The molecule has 36 heavy (non-hydrogen) atoms. The zero-order valence-corrected chi connectivity index (χ0v) is 20.8. The van der Waals surface area contributed by atoms with Crippen molar-refractivity contribution in [1.29, 1.82) is 0 Å². The van der Waals surface area contributed by atoms with Crippen LogP contribution in [0, 0.1) is 6.92 Å². The first kappa shape index (κ1) is 22.7. The molecular formula is C24H26FN9OS. The van der Waals surface area contributed by atoms with Crippen LogP contribution in [0.3, 0.4) is 0 Å². The first-order valence-electron chi connectivity index (χ1n) is 11.8. The molecule has 0 bridgehead atoms. The maximum absolute atomic E-state index is 13.4. The number of carbonyl (C=O) groups excluding carboxylic acids is 1. The number of hydrogen-bond acceptors (Lipinski definition) is 9. The Kier molecular flexibility index (Phi) is 5.47. The number of piperazine rings is 1. The summed E-state index contributed by atoms with van der Waals surface area (Å²) in [7, 11) is 1.89. The standard InChI is InChI=1S/C24H26FN9OS/c1-15-18(12-32(2)31-15)19-13-36-23(29-19)30-20-4-3-16(9-26-20)21(35)34-8-7-33(14-24(34)5-6-24)22-27-10-17(25)11-28-22/h3-4,9-10,12-13H,5-8,11,14H2,1-2H3,(H,27,28)(H,26,29,30). The number of anilines is 2. The van der Waals surface area contributed by atoms with Crippen LogP contribution in [0.4, 0.5) is 15.3 Å². The molecule has 5 heterocycles. The highest BCUT2D eigenvalue weighted by Crippen LogP contribution is 2.45. The highest BCUT2D eigenvalue weighted by Gasteiger charge is 2.53. The number of aliphatic imine (C=N–C) groups is 1. The number of nitrogens with zero attached hydrogens (tertiary/aromatic N) is 7. The quantitative estimate of drug-likeness (QED) is 0.559. The molecule has 1 aliphatic carbocycles. The molecule has 12 heteroatoms. The van der Waals surface area contributed by atoms with Crippen LogP contribution < -0.4 is 10.6 Å². The molecule has 6 rings (SSSR count). The van der Waals surface area contributed by atoms with Crippen LogP contribution in [0.15, 0.2) is 46.9 Å². The van der Waals surface area contributed by atoms with Crippen molar-refractivity contribution in [2.24, 2.45) is 12.0 Å². The minimum absolute atomic E-state index is 0.0146. The number of nitrogens with one attached hydrogen (secondary N) is 2. The van der Waals surface area contributed by atoms with Gasteiger partial charge in [0, 0.05) is 56.2 Å². The fourth-order valence-corrected chi connectivity index (χ4v) is 5.51. The van der Waals surface area contributed by atoms with E-state index in [1.54, 1.807) is 23.0 Å². The van der Waals surface area contributed by atoms with Gasteiger partial charge in [-0.1, -0.05) is 0 Å². The molecule has 2 aliphatic heterocycles. The van der Waals surface area contributed by atoms with Gasteiger partial charge >= 0.3 is 0 Å². The second-order valence-corrected chi connectivity index (χ2v) is 10.2. The van der Waals surface area contributed by atoms with Gasteiger partial charge in [0.05, 0.1) is 29.0 Å². The van der Waals surface area contributed by atoms with Crippen LogP contribution in [-0.2, 0) is 7.05 Å². The van der Waals surface area contributed by atoms with Gasteiger partial charge in [-0.05, 0) is 31.9 Å². The van der Waals surface area contributed by atoms with Crippen molar-refractivity contribution in [3.63, 3.8) is 0 Å². The van der Waals surface area contributed by atoms with Crippen LogP contribution in [0.1, 0.15) is 28.9 Å². The Balaban J connectivity index is 1.11. The van der Waals surface area contributed by atoms with Crippen LogP contribution in [-0.4, -0.2) is 73.1 Å². The van der Waals surface area contributed by atoms with Gasteiger partial charge in [0.2, 0.25) is 0 Å². The van der Waals surface area contributed by atoms with E-state index in [1.165, 1.54) is 17.5 Å². The average Bonchev–Trinajstić information content (AvgIpc) is 3.32. The van der Waals surface area contributed by atoms with E-state index in [4.69, 9.17) is 0 Å². The zero-order chi connectivity index (χ0) is 24.9. The van der Waals surface area contributed by atoms with Crippen molar-refractivity contribution in [2.75, 3.05) is 31.5 Å². The molecule has 0 unspecified atom stereocenters. The van der Waals surface area contributed by atoms with Crippen LogP contribution in [0.5, 0.6) is 0 Å². The lowest BCUT2D eigenvalue weighted by atomic mass is 10.1. The number of hydrogen-bond donors (Lipinski definition) is 2. The van der Waals surface area contributed by atoms with Crippen molar-refractivity contribution in [3.05, 3.63) is 53.2 Å². The number of halogens is 1. The van der Waals surface area contributed by atoms with Crippen LogP contribution >= 0.6 is 11.3 Å². The van der Waals surface area contributed by atoms with Gasteiger partial charge in [-0.25, -0.2) is 19.4 Å². The molecule has 0 atom stereocenters.